The van der Waals surface area contributed by atoms with E-state index in [0.717, 1.165) is 11.4 Å². The van der Waals surface area contributed by atoms with Crippen LogP contribution in [-0.2, 0) is 4.74 Å². The number of carbonyl (C=O) groups is 1. The first-order valence-corrected chi connectivity index (χ1v) is 5.10. The Labute approximate surface area is 93.9 Å². The van der Waals surface area contributed by atoms with Crippen LogP contribution in [0.15, 0.2) is 24.3 Å². The molecule has 1 fully saturated rings. The van der Waals surface area contributed by atoms with Gasteiger partial charge in [-0.15, -0.1) is 0 Å². The lowest BCUT2D eigenvalue weighted by Crippen LogP contribution is -2.30. The molecule has 1 N–H and O–H groups in total. The molecule has 5 heteroatoms. The Morgan fingerprint density at radius 2 is 2.31 bits per heavy atom. The van der Waals surface area contributed by atoms with Gasteiger partial charge in [-0.25, -0.2) is 4.79 Å². The van der Waals surface area contributed by atoms with E-state index in [1.165, 1.54) is 0 Å². The van der Waals surface area contributed by atoms with E-state index in [-0.39, 0.29) is 6.09 Å². The molecule has 1 heterocycles. The molecular formula is C11H14N2O3. The zero-order valence-corrected chi connectivity index (χ0v) is 9.10. The van der Waals surface area contributed by atoms with Crippen molar-refractivity contribution in [1.29, 1.82) is 0 Å². The van der Waals surface area contributed by atoms with Gasteiger partial charge in [0.2, 0.25) is 0 Å². The van der Waals surface area contributed by atoms with E-state index in [2.05, 4.69) is 5.32 Å². The lowest BCUT2D eigenvalue weighted by molar-refractivity contribution is 0.160. The number of hydrogen-bond acceptors (Lipinski definition) is 4. The molecule has 0 atom stereocenters. The van der Waals surface area contributed by atoms with Crippen LogP contribution in [0.2, 0.25) is 0 Å². The van der Waals surface area contributed by atoms with E-state index in [4.69, 9.17) is 9.47 Å². The molecule has 2 rings (SSSR count). The van der Waals surface area contributed by atoms with Crippen molar-refractivity contribution in [3.05, 3.63) is 24.3 Å². The second-order valence-corrected chi connectivity index (χ2v) is 3.41. The molecule has 0 spiro atoms. The molecule has 5 nitrogen and oxygen atoms in total. The Hall–Kier alpha value is -1.91. The van der Waals surface area contributed by atoms with Crippen LogP contribution in [0, 0.1) is 0 Å². The van der Waals surface area contributed by atoms with Gasteiger partial charge in [0.15, 0.2) is 0 Å². The maximum absolute atomic E-state index is 11.2. The first-order valence-electron chi connectivity index (χ1n) is 5.10. The van der Waals surface area contributed by atoms with Crippen LogP contribution in [0.3, 0.4) is 0 Å². The predicted molar refractivity (Wildman–Crippen MR) is 59.5 cm³/mol. The molecule has 1 aliphatic rings. The summed E-state index contributed by atoms with van der Waals surface area (Å²) in [7, 11) is 1.62. The van der Waals surface area contributed by atoms with E-state index in [1.54, 1.807) is 12.0 Å². The van der Waals surface area contributed by atoms with Crippen molar-refractivity contribution in [3.8, 4) is 5.75 Å². The predicted octanol–water partition coefficient (Wildman–Crippen LogP) is 1.52. The molecule has 0 aliphatic carbocycles. The highest BCUT2D eigenvalue weighted by Gasteiger charge is 2.21. The number of rotatable bonds is 4. The summed E-state index contributed by atoms with van der Waals surface area (Å²) in [5.74, 6) is 0.759. The molecule has 0 bridgehead atoms. The van der Waals surface area contributed by atoms with Gasteiger partial charge in [0, 0.05) is 0 Å². The molecule has 0 unspecified atom stereocenters. The number of amides is 1. The van der Waals surface area contributed by atoms with Crippen LogP contribution >= 0.6 is 0 Å². The van der Waals surface area contributed by atoms with Gasteiger partial charge >= 0.3 is 6.09 Å². The highest BCUT2D eigenvalue weighted by molar-refractivity contribution is 5.70. The normalized spacial score (nSPS) is 14.8. The van der Waals surface area contributed by atoms with E-state index in [9.17, 15) is 4.79 Å². The molecule has 1 amide bonds. The minimum absolute atomic E-state index is 0.276. The number of cyclic esters (lactones) is 1. The fourth-order valence-electron chi connectivity index (χ4n) is 1.54. The zero-order chi connectivity index (χ0) is 11.4. The summed E-state index contributed by atoms with van der Waals surface area (Å²) in [5, 5.41) is 3.14. The molecule has 1 aliphatic heterocycles. The van der Waals surface area contributed by atoms with Gasteiger partial charge in [0.25, 0.3) is 0 Å². The second kappa shape index (κ2) is 4.74. The Bertz CT molecular complexity index is 381. The van der Waals surface area contributed by atoms with Crippen molar-refractivity contribution in [3.63, 3.8) is 0 Å². The third-order valence-corrected chi connectivity index (χ3v) is 2.41. The van der Waals surface area contributed by atoms with E-state index in [0.29, 0.717) is 19.8 Å². The quantitative estimate of drug-likeness (QED) is 0.839. The lowest BCUT2D eigenvalue weighted by atomic mass is 10.3. The Balaban J connectivity index is 1.96. The van der Waals surface area contributed by atoms with Crippen LogP contribution in [0.25, 0.3) is 0 Å². The summed E-state index contributed by atoms with van der Waals surface area (Å²) in [6, 6.07) is 7.58. The Morgan fingerprint density at radius 3 is 3.00 bits per heavy atom. The van der Waals surface area contributed by atoms with Crippen molar-refractivity contribution >= 4 is 11.8 Å². The molecule has 1 aromatic carbocycles. The topological polar surface area (TPSA) is 50.8 Å². The third kappa shape index (κ3) is 2.18. The highest BCUT2D eigenvalue weighted by Crippen LogP contribution is 2.22. The number of methoxy groups -OCH3 is 1. The van der Waals surface area contributed by atoms with Crippen molar-refractivity contribution < 1.29 is 14.3 Å². The van der Waals surface area contributed by atoms with Crippen LogP contribution in [-0.4, -0.2) is 37.9 Å². The fourth-order valence-corrected chi connectivity index (χ4v) is 1.54. The number of hydrogen-bond donors (Lipinski definition) is 1. The Kier molecular flexibility index (Phi) is 3.14. The number of benzene rings is 1. The second-order valence-electron chi connectivity index (χ2n) is 3.41. The summed E-state index contributed by atoms with van der Waals surface area (Å²) in [6.07, 6.45) is -0.276. The molecule has 86 valence electrons. The van der Waals surface area contributed by atoms with E-state index < -0.39 is 0 Å². The molecule has 1 saturated heterocycles. The largest absolute Gasteiger partial charge is 0.495 e. The average molecular weight is 222 g/mol. The monoisotopic (exact) mass is 222 g/mol. The zero-order valence-electron chi connectivity index (χ0n) is 9.10. The summed E-state index contributed by atoms with van der Waals surface area (Å²) in [5.41, 5.74) is 0.865. The van der Waals surface area contributed by atoms with Gasteiger partial charge in [-0.1, -0.05) is 12.1 Å². The standard InChI is InChI=1S/C11H14N2O3/c1-15-10-5-3-2-4-9(10)12-8-13-6-7-16-11(13)14/h2-5,12H,6-8H2,1H3. The maximum atomic E-state index is 11.2. The molecule has 16 heavy (non-hydrogen) atoms. The Morgan fingerprint density at radius 1 is 1.50 bits per heavy atom. The van der Waals surface area contributed by atoms with Crippen molar-refractivity contribution in [2.45, 2.75) is 0 Å². The molecule has 0 saturated carbocycles. The molecule has 1 aromatic rings. The van der Waals surface area contributed by atoms with E-state index >= 15 is 0 Å². The first-order chi connectivity index (χ1) is 7.81. The molecule has 0 radical (unpaired) electrons. The van der Waals surface area contributed by atoms with Crippen LogP contribution in [0.5, 0.6) is 5.75 Å². The number of para-hydroxylation sites is 2. The lowest BCUT2D eigenvalue weighted by Gasteiger charge is -2.16. The van der Waals surface area contributed by atoms with E-state index in [1.807, 2.05) is 24.3 Å². The van der Waals surface area contributed by atoms with Crippen molar-refractivity contribution in [2.75, 3.05) is 32.2 Å². The maximum Gasteiger partial charge on any atom is 0.411 e. The number of carbonyl (C=O) groups excluding carboxylic acids is 1. The molecular weight excluding hydrogens is 208 g/mol. The first kappa shape index (κ1) is 10.6. The van der Waals surface area contributed by atoms with Gasteiger partial charge in [-0.3, -0.25) is 4.90 Å². The minimum Gasteiger partial charge on any atom is -0.495 e. The van der Waals surface area contributed by atoms with Crippen LogP contribution in [0.4, 0.5) is 10.5 Å². The summed E-state index contributed by atoms with van der Waals surface area (Å²) in [4.78, 5) is 12.8. The number of nitrogens with zero attached hydrogens (tertiary/aromatic N) is 1. The van der Waals surface area contributed by atoms with Gasteiger partial charge < -0.3 is 14.8 Å². The van der Waals surface area contributed by atoms with Gasteiger partial charge in [-0.05, 0) is 12.1 Å². The van der Waals surface area contributed by atoms with Crippen molar-refractivity contribution in [2.24, 2.45) is 0 Å². The van der Waals surface area contributed by atoms with Crippen LogP contribution < -0.4 is 10.1 Å². The average Bonchev–Trinajstić information content (AvgIpc) is 2.72. The number of ether oxygens (including phenoxy) is 2. The number of anilines is 1. The van der Waals surface area contributed by atoms with Gasteiger partial charge in [0.05, 0.1) is 26.0 Å². The smallest absolute Gasteiger partial charge is 0.411 e. The van der Waals surface area contributed by atoms with Gasteiger partial charge in [-0.2, -0.15) is 0 Å². The summed E-state index contributed by atoms with van der Waals surface area (Å²) in [6.45, 7) is 1.52. The molecule has 0 aromatic heterocycles. The number of nitrogens with one attached hydrogen (secondary N) is 1. The third-order valence-electron chi connectivity index (χ3n) is 2.41. The van der Waals surface area contributed by atoms with Crippen LogP contribution in [0.1, 0.15) is 0 Å². The minimum atomic E-state index is -0.276. The van der Waals surface area contributed by atoms with Crippen molar-refractivity contribution in [1.82, 2.24) is 4.90 Å². The van der Waals surface area contributed by atoms with Gasteiger partial charge in [0.1, 0.15) is 12.4 Å². The SMILES string of the molecule is COc1ccccc1NCN1CCOC1=O. The highest BCUT2D eigenvalue weighted by atomic mass is 16.6. The fraction of sp³-hybridized carbons (Fsp3) is 0.364. The summed E-state index contributed by atoms with van der Waals surface area (Å²) >= 11 is 0. The summed E-state index contributed by atoms with van der Waals surface area (Å²) < 4.78 is 10.0.